The molecule has 0 saturated carbocycles. The summed E-state index contributed by atoms with van der Waals surface area (Å²) in [5, 5.41) is 4.75. The third-order valence-corrected chi connectivity index (χ3v) is 8.68. The van der Waals surface area contributed by atoms with Crippen LogP contribution in [0.5, 0.6) is 0 Å². The van der Waals surface area contributed by atoms with E-state index in [1.54, 1.807) is 36.5 Å². The maximum absolute atomic E-state index is 13.2. The van der Waals surface area contributed by atoms with Crippen molar-refractivity contribution >= 4 is 38.7 Å². The van der Waals surface area contributed by atoms with Gasteiger partial charge in [0.05, 0.1) is 5.75 Å². The highest BCUT2D eigenvalue weighted by Gasteiger charge is 2.25. The highest BCUT2D eigenvalue weighted by molar-refractivity contribution is 7.92. The number of benzene rings is 2. The summed E-state index contributed by atoms with van der Waals surface area (Å²) in [7, 11) is -3.54. The van der Waals surface area contributed by atoms with Gasteiger partial charge in [0.2, 0.25) is 5.91 Å². The second-order valence-corrected chi connectivity index (χ2v) is 11.7. The molecule has 1 aliphatic heterocycles. The van der Waals surface area contributed by atoms with Gasteiger partial charge in [-0.1, -0.05) is 36.4 Å². The fraction of sp³-hybridized carbons (Fsp3) is 0.308. The first-order chi connectivity index (χ1) is 16.3. The van der Waals surface area contributed by atoms with Crippen LogP contribution >= 0.6 is 11.3 Å². The molecule has 178 valence electrons. The number of carbonyl (C=O) groups is 2. The Balaban J connectivity index is 1.36. The number of thiophene rings is 1. The molecule has 3 aromatic rings. The minimum Gasteiger partial charge on any atom is -0.334 e. The van der Waals surface area contributed by atoms with Crippen molar-refractivity contribution in [1.82, 2.24) is 4.90 Å². The van der Waals surface area contributed by atoms with Crippen LogP contribution < -0.4 is 5.32 Å². The first kappa shape index (κ1) is 24.2. The van der Waals surface area contributed by atoms with Crippen molar-refractivity contribution < 1.29 is 18.0 Å². The van der Waals surface area contributed by atoms with Gasteiger partial charge < -0.3 is 10.2 Å². The van der Waals surface area contributed by atoms with Crippen LogP contribution in [0.3, 0.4) is 0 Å². The summed E-state index contributed by atoms with van der Waals surface area (Å²) in [4.78, 5) is 28.8. The summed E-state index contributed by atoms with van der Waals surface area (Å²) >= 11 is 1.72. The molecule has 1 aromatic heterocycles. The summed E-state index contributed by atoms with van der Waals surface area (Å²) in [6.07, 6.45) is 1.95. The number of fused-ring (bicyclic) bond motifs is 1. The van der Waals surface area contributed by atoms with E-state index in [2.05, 4.69) is 16.8 Å². The Labute approximate surface area is 204 Å². The molecule has 2 aromatic carbocycles. The highest BCUT2D eigenvalue weighted by atomic mass is 32.2. The number of hydrogen-bond donors (Lipinski definition) is 1. The Kier molecular flexibility index (Phi) is 7.48. The fourth-order valence-electron chi connectivity index (χ4n) is 4.19. The third-order valence-electron chi connectivity index (χ3n) is 6.05. The number of rotatable bonds is 8. The highest BCUT2D eigenvalue weighted by Crippen LogP contribution is 2.27. The molecule has 1 aliphatic rings. The van der Waals surface area contributed by atoms with Crippen LogP contribution in [0.2, 0.25) is 0 Å². The van der Waals surface area contributed by atoms with Crippen molar-refractivity contribution in [3.8, 4) is 0 Å². The Morgan fingerprint density at radius 2 is 1.85 bits per heavy atom. The molecule has 1 N–H and O–H groups in total. The van der Waals surface area contributed by atoms with Gasteiger partial charge in [0.25, 0.3) is 5.91 Å². The zero-order chi connectivity index (χ0) is 24.1. The van der Waals surface area contributed by atoms with Crippen LogP contribution in [0.15, 0.2) is 60.0 Å². The third kappa shape index (κ3) is 5.93. The molecule has 0 bridgehead atoms. The SMILES string of the molecule is Cc1c(NC(=O)CS(=O)(=O)CCCc2ccccc2)cccc1C(=O)N1CCc2sccc2C1. The zero-order valence-electron chi connectivity index (χ0n) is 19.1. The first-order valence-corrected chi connectivity index (χ1v) is 14.0. The van der Waals surface area contributed by atoms with Gasteiger partial charge in [-0.05, 0) is 66.5 Å². The van der Waals surface area contributed by atoms with Crippen molar-refractivity contribution in [2.45, 2.75) is 32.7 Å². The molecule has 34 heavy (non-hydrogen) atoms. The molecular formula is C26H28N2O4S2. The van der Waals surface area contributed by atoms with E-state index in [-0.39, 0.29) is 11.7 Å². The van der Waals surface area contributed by atoms with Gasteiger partial charge in [0, 0.05) is 29.2 Å². The minimum absolute atomic E-state index is 0.0493. The Bertz CT molecular complexity index is 1280. The molecule has 0 fully saturated rings. The van der Waals surface area contributed by atoms with Crippen LogP contribution in [-0.2, 0) is 34.0 Å². The number of nitrogens with one attached hydrogen (secondary N) is 1. The van der Waals surface area contributed by atoms with Crippen LogP contribution in [0, 0.1) is 6.92 Å². The van der Waals surface area contributed by atoms with Gasteiger partial charge in [-0.2, -0.15) is 0 Å². The number of anilines is 1. The van der Waals surface area contributed by atoms with Gasteiger partial charge in [0.15, 0.2) is 9.84 Å². The number of hydrogen-bond acceptors (Lipinski definition) is 5. The van der Waals surface area contributed by atoms with Gasteiger partial charge in [-0.3, -0.25) is 9.59 Å². The molecule has 0 aliphatic carbocycles. The molecule has 0 spiro atoms. The standard InChI is InChI=1S/C26H28N2O4S2/c1-19-22(26(30)28-14-12-24-21(17-28)13-15-33-24)10-5-11-23(19)27-25(29)18-34(31,32)16-6-9-20-7-3-2-4-8-20/h2-5,7-8,10-11,13,15H,6,9,12,14,16-18H2,1H3,(H,27,29). The first-order valence-electron chi connectivity index (χ1n) is 11.3. The quantitative estimate of drug-likeness (QED) is 0.506. The molecule has 2 amide bonds. The normalized spacial score (nSPS) is 13.4. The Morgan fingerprint density at radius 3 is 2.65 bits per heavy atom. The maximum atomic E-state index is 13.2. The lowest BCUT2D eigenvalue weighted by atomic mass is 10.0. The fourth-order valence-corrected chi connectivity index (χ4v) is 6.28. The zero-order valence-corrected chi connectivity index (χ0v) is 20.8. The molecular weight excluding hydrogens is 468 g/mol. The monoisotopic (exact) mass is 496 g/mol. The minimum atomic E-state index is -3.54. The second-order valence-electron chi connectivity index (χ2n) is 8.55. The van der Waals surface area contributed by atoms with E-state index in [0.717, 1.165) is 12.0 Å². The molecule has 6 nitrogen and oxygen atoms in total. The van der Waals surface area contributed by atoms with E-state index in [4.69, 9.17) is 0 Å². The molecule has 0 unspecified atom stereocenters. The summed E-state index contributed by atoms with van der Waals surface area (Å²) < 4.78 is 24.9. The number of sulfone groups is 1. The van der Waals surface area contributed by atoms with E-state index in [1.165, 1.54) is 10.4 Å². The van der Waals surface area contributed by atoms with Crippen LogP contribution in [0.25, 0.3) is 0 Å². The van der Waals surface area contributed by atoms with Crippen molar-refractivity contribution in [3.63, 3.8) is 0 Å². The van der Waals surface area contributed by atoms with Gasteiger partial charge in [-0.15, -0.1) is 11.3 Å². The smallest absolute Gasteiger partial charge is 0.254 e. The second kappa shape index (κ2) is 10.5. The van der Waals surface area contributed by atoms with E-state index >= 15 is 0 Å². The molecule has 8 heteroatoms. The van der Waals surface area contributed by atoms with Crippen molar-refractivity contribution in [1.29, 1.82) is 0 Å². The number of amides is 2. The van der Waals surface area contributed by atoms with Gasteiger partial charge in [-0.25, -0.2) is 8.42 Å². The van der Waals surface area contributed by atoms with Crippen molar-refractivity contribution in [2.75, 3.05) is 23.4 Å². The van der Waals surface area contributed by atoms with Crippen LogP contribution in [0.4, 0.5) is 5.69 Å². The summed E-state index contributed by atoms with van der Waals surface area (Å²) in [6, 6.07) is 16.9. The topological polar surface area (TPSA) is 83.5 Å². The van der Waals surface area contributed by atoms with E-state index in [0.29, 0.717) is 42.7 Å². The van der Waals surface area contributed by atoms with Gasteiger partial charge in [0.1, 0.15) is 5.75 Å². The maximum Gasteiger partial charge on any atom is 0.254 e. The average Bonchev–Trinajstić information content (AvgIpc) is 3.28. The van der Waals surface area contributed by atoms with Crippen LogP contribution in [0.1, 0.15) is 38.3 Å². The Morgan fingerprint density at radius 1 is 1.06 bits per heavy atom. The molecule has 0 atom stereocenters. The lowest BCUT2D eigenvalue weighted by Gasteiger charge is -2.28. The average molecular weight is 497 g/mol. The predicted molar refractivity (Wildman–Crippen MR) is 136 cm³/mol. The van der Waals surface area contributed by atoms with E-state index < -0.39 is 21.5 Å². The largest absolute Gasteiger partial charge is 0.334 e. The van der Waals surface area contributed by atoms with E-state index in [9.17, 15) is 18.0 Å². The number of aryl methyl sites for hydroxylation is 1. The summed E-state index contributed by atoms with van der Waals surface area (Å²) in [5.41, 5.74) is 3.87. The lowest BCUT2D eigenvalue weighted by molar-refractivity contribution is -0.113. The molecule has 0 saturated heterocycles. The van der Waals surface area contributed by atoms with Crippen molar-refractivity contribution in [2.24, 2.45) is 0 Å². The predicted octanol–water partition coefficient (Wildman–Crippen LogP) is 4.24. The molecule has 2 heterocycles. The number of carbonyl (C=O) groups excluding carboxylic acids is 2. The van der Waals surface area contributed by atoms with Crippen LogP contribution in [-0.4, -0.2) is 43.2 Å². The molecule has 4 rings (SSSR count). The number of nitrogens with zero attached hydrogens (tertiary/aromatic N) is 1. The summed E-state index contributed by atoms with van der Waals surface area (Å²) in [6.45, 7) is 3.01. The Hall–Kier alpha value is -2.97. The van der Waals surface area contributed by atoms with Gasteiger partial charge >= 0.3 is 0 Å². The lowest BCUT2D eigenvalue weighted by Crippen LogP contribution is -2.35. The van der Waals surface area contributed by atoms with Crippen molar-refractivity contribution in [3.05, 3.63) is 87.1 Å². The molecule has 0 radical (unpaired) electrons. The summed E-state index contributed by atoms with van der Waals surface area (Å²) in [5.74, 6) is -1.30. The van der Waals surface area contributed by atoms with E-state index in [1.807, 2.05) is 35.2 Å².